The van der Waals surface area contributed by atoms with E-state index in [9.17, 15) is 4.79 Å². The number of piperidine rings is 1. The standard InChI is InChI=1S/C20H24N4O2/c1-2-18-22-20(26-23-18)17-9-5-6-12-24(17)19(25)11-10-14-13-21-16-8-4-3-7-15(14)16/h3-4,7-8,13,17,21H,2,5-6,9-12H2,1H3/t17-/m0/s1. The van der Waals surface area contributed by atoms with Crippen LogP contribution in [0.4, 0.5) is 0 Å². The Morgan fingerprint density at radius 3 is 3.08 bits per heavy atom. The smallest absolute Gasteiger partial charge is 0.249 e. The molecule has 1 amide bonds. The Morgan fingerprint density at radius 2 is 2.23 bits per heavy atom. The van der Waals surface area contributed by atoms with E-state index < -0.39 is 0 Å². The lowest BCUT2D eigenvalue weighted by molar-refractivity contribution is -0.135. The largest absolute Gasteiger partial charge is 0.361 e. The van der Waals surface area contributed by atoms with Gasteiger partial charge in [-0.05, 0) is 37.3 Å². The van der Waals surface area contributed by atoms with E-state index in [4.69, 9.17) is 4.52 Å². The summed E-state index contributed by atoms with van der Waals surface area (Å²) in [6.07, 6.45) is 6.99. The molecule has 3 aromatic rings. The van der Waals surface area contributed by atoms with Crippen molar-refractivity contribution in [3.63, 3.8) is 0 Å². The average molecular weight is 352 g/mol. The van der Waals surface area contributed by atoms with E-state index in [1.54, 1.807) is 0 Å². The number of aryl methyl sites for hydroxylation is 2. The number of likely N-dealkylation sites (tertiary alicyclic amines) is 1. The Morgan fingerprint density at radius 1 is 1.35 bits per heavy atom. The third-order valence-electron chi connectivity index (χ3n) is 5.19. The van der Waals surface area contributed by atoms with Crippen molar-refractivity contribution in [2.45, 2.75) is 51.5 Å². The number of aromatic amines is 1. The Labute approximate surface area is 152 Å². The predicted molar refractivity (Wildman–Crippen MR) is 98.6 cm³/mol. The van der Waals surface area contributed by atoms with Gasteiger partial charge in [0.1, 0.15) is 6.04 Å². The van der Waals surface area contributed by atoms with Crippen LogP contribution in [0.15, 0.2) is 35.0 Å². The van der Waals surface area contributed by atoms with Crippen LogP contribution < -0.4 is 0 Å². The molecular weight excluding hydrogens is 328 g/mol. The van der Waals surface area contributed by atoms with Crippen LogP contribution in [-0.4, -0.2) is 32.5 Å². The number of para-hydroxylation sites is 1. The molecule has 1 saturated heterocycles. The number of aromatic nitrogens is 3. The number of H-pyrrole nitrogens is 1. The molecule has 0 bridgehead atoms. The van der Waals surface area contributed by atoms with Crippen molar-refractivity contribution in [3.05, 3.63) is 47.7 Å². The molecule has 2 aromatic heterocycles. The van der Waals surface area contributed by atoms with Crippen molar-refractivity contribution >= 4 is 16.8 Å². The summed E-state index contributed by atoms with van der Waals surface area (Å²) in [5.74, 6) is 1.45. The fourth-order valence-electron chi connectivity index (χ4n) is 3.76. The first-order valence-electron chi connectivity index (χ1n) is 9.43. The maximum Gasteiger partial charge on any atom is 0.249 e. The molecule has 0 unspecified atom stereocenters. The van der Waals surface area contributed by atoms with Crippen molar-refractivity contribution in [1.82, 2.24) is 20.0 Å². The lowest BCUT2D eigenvalue weighted by Gasteiger charge is -2.33. The van der Waals surface area contributed by atoms with Crippen molar-refractivity contribution < 1.29 is 9.32 Å². The molecule has 1 atom stereocenters. The molecule has 1 aliphatic heterocycles. The molecule has 136 valence electrons. The highest BCUT2D eigenvalue weighted by molar-refractivity contribution is 5.84. The average Bonchev–Trinajstić information content (AvgIpc) is 3.33. The zero-order chi connectivity index (χ0) is 17.9. The van der Waals surface area contributed by atoms with Crippen LogP contribution in [0.3, 0.4) is 0 Å². The van der Waals surface area contributed by atoms with Crippen LogP contribution >= 0.6 is 0 Å². The van der Waals surface area contributed by atoms with Crippen LogP contribution in [0.2, 0.25) is 0 Å². The van der Waals surface area contributed by atoms with Gasteiger partial charge in [-0.3, -0.25) is 4.79 Å². The summed E-state index contributed by atoms with van der Waals surface area (Å²) in [5.41, 5.74) is 2.30. The maximum absolute atomic E-state index is 12.9. The fourth-order valence-corrected chi connectivity index (χ4v) is 3.76. The number of hydrogen-bond donors (Lipinski definition) is 1. The first-order valence-corrected chi connectivity index (χ1v) is 9.43. The predicted octanol–water partition coefficient (Wildman–Crippen LogP) is 3.80. The molecule has 0 aliphatic carbocycles. The number of hydrogen-bond acceptors (Lipinski definition) is 4. The van der Waals surface area contributed by atoms with Crippen molar-refractivity contribution in [3.8, 4) is 0 Å². The van der Waals surface area contributed by atoms with Gasteiger partial charge in [-0.15, -0.1) is 0 Å². The lowest BCUT2D eigenvalue weighted by Crippen LogP contribution is -2.38. The normalized spacial score (nSPS) is 17.7. The molecular formula is C20H24N4O2. The number of fused-ring (bicyclic) bond motifs is 1. The number of carbonyl (C=O) groups excluding carboxylic acids is 1. The Hall–Kier alpha value is -2.63. The number of nitrogens with zero attached hydrogens (tertiary/aromatic N) is 3. The second kappa shape index (κ2) is 7.32. The molecule has 6 heteroatoms. The molecule has 1 fully saturated rings. The van der Waals surface area contributed by atoms with E-state index >= 15 is 0 Å². The molecule has 0 spiro atoms. The fraction of sp³-hybridized carbons (Fsp3) is 0.450. The van der Waals surface area contributed by atoms with Gasteiger partial charge in [-0.2, -0.15) is 4.98 Å². The summed E-state index contributed by atoms with van der Waals surface area (Å²) < 4.78 is 5.42. The van der Waals surface area contributed by atoms with Gasteiger partial charge in [-0.25, -0.2) is 0 Å². The second-order valence-electron chi connectivity index (χ2n) is 6.86. The van der Waals surface area contributed by atoms with Gasteiger partial charge in [0.05, 0.1) is 0 Å². The molecule has 3 heterocycles. The number of nitrogens with one attached hydrogen (secondary N) is 1. The summed E-state index contributed by atoms with van der Waals surface area (Å²) in [6, 6.07) is 8.12. The summed E-state index contributed by atoms with van der Waals surface area (Å²) in [7, 11) is 0. The minimum absolute atomic E-state index is 0.0768. The SMILES string of the molecule is CCc1noc([C@@H]2CCCCN2C(=O)CCc2c[nH]c3ccccc23)n1. The zero-order valence-corrected chi connectivity index (χ0v) is 15.1. The highest BCUT2D eigenvalue weighted by Gasteiger charge is 2.31. The van der Waals surface area contributed by atoms with Gasteiger partial charge >= 0.3 is 0 Å². The van der Waals surface area contributed by atoms with Crippen molar-refractivity contribution in [2.24, 2.45) is 0 Å². The highest BCUT2D eigenvalue weighted by atomic mass is 16.5. The van der Waals surface area contributed by atoms with Gasteiger partial charge < -0.3 is 14.4 Å². The third-order valence-corrected chi connectivity index (χ3v) is 5.19. The van der Waals surface area contributed by atoms with E-state index in [1.807, 2.05) is 30.2 Å². The second-order valence-corrected chi connectivity index (χ2v) is 6.86. The van der Waals surface area contributed by atoms with Gasteiger partial charge in [0, 0.05) is 36.5 Å². The third kappa shape index (κ3) is 3.23. The minimum atomic E-state index is -0.0768. The quantitative estimate of drug-likeness (QED) is 0.758. The van der Waals surface area contributed by atoms with Crippen LogP contribution in [0, 0.1) is 0 Å². The van der Waals surface area contributed by atoms with E-state index in [0.29, 0.717) is 18.1 Å². The van der Waals surface area contributed by atoms with Crippen LogP contribution in [-0.2, 0) is 17.6 Å². The summed E-state index contributed by atoms with van der Waals surface area (Å²) in [6.45, 7) is 2.76. The summed E-state index contributed by atoms with van der Waals surface area (Å²) >= 11 is 0. The minimum Gasteiger partial charge on any atom is -0.361 e. The van der Waals surface area contributed by atoms with Crippen LogP contribution in [0.5, 0.6) is 0 Å². The van der Waals surface area contributed by atoms with E-state index in [0.717, 1.165) is 44.2 Å². The summed E-state index contributed by atoms with van der Waals surface area (Å²) in [5, 5.41) is 5.19. The molecule has 1 N–H and O–H groups in total. The monoisotopic (exact) mass is 352 g/mol. The number of carbonyl (C=O) groups is 1. The van der Waals surface area contributed by atoms with Crippen molar-refractivity contribution in [2.75, 3.05) is 6.54 Å². The zero-order valence-electron chi connectivity index (χ0n) is 15.1. The number of amides is 1. The maximum atomic E-state index is 12.9. The summed E-state index contributed by atoms with van der Waals surface area (Å²) in [4.78, 5) is 22.6. The number of benzene rings is 1. The molecule has 4 rings (SSSR count). The molecule has 0 radical (unpaired) electrons. The van der Waals surface area contributed by atoms with Gasteiger partial charge in [0.25, 0.3) is 0 Å². The van der Waals surface area contributed by atoms with Crippen LogP contribution in [0.1, 0.15) is 55.9 Å². The first-order chi connectivity index (χ1) is 12.8. The molecule has 1 aliphatic rings. The van der Waals surface area contributed by atoms with Gasteiger partial charge in [0.15, 0.2) is 5.82 Å². The van der Waals surface area contributed by atoms with E-state index in [-0.39, 0.29) is 11.9 Å². The van der Waals surface area contributed by atoms with Gasteiger partial charge in [-0.1, -0.05) is 30.3 Å². The topological polar surface area (TPSA) is 75.0 Å². The molecule has 1 aromatic carbocycles. The Bertz CT molecular complexity index is 898. The Balaban J connectivity index is 1.46. The van der Waals surface area contributed by atoms with E-state index in [2.05, 4.69) is 27.3 Å². The van der Waals surface area contributed by atoms with Gasteiger partial charge in [0.2, 0.25) is 11.8 Å². The lowest BCUT2D eigenvalue weighted by atomic mass is 10.0. The van der Waals surface area contributed by atoms with E-state index in [1.165, 1.54) is 10.9 Å². The number of rotatable bonds is 5. The first kappa shape index (κ1) is 16.8. The molecule has 0 saturated carbocycles. The van der Waals surface area contributed by atoms with Crippen LogP contribution in [0.25, 0.3) is 10.9 Å². The Kier molecular flexibility index (Phi) is 4.73. The highest BCUT2D eigenvalue weighted by Crippen LogP contribution is 2.31. The van der Waals surface area contributed by atoms with Crippen molar-refractivity contribution in [1.29, 1.82) is 0 Å². The molecule has 6 nitrogen and oxygen atoms in total. The molecule has 26 heavy (non-hydrogen) atoms.